The first-order valence-corrected chi connectivity index (χ1v) is 9.08. The zero-order chi connectivity index (χ0) is 15.2. The quantitative estimate of drug-likeness (QED) is 0.558. The van der Waals surface area contributed by atoms with Crippen LogP contribution < -0.4 is 5.32 Å². The van der Waals surface area contributed by atoms with Gasteiger partial charge in [-0.25, -0.2) is 0 Å². The summed E-state index contributed by atoms with van der Waals surface area (Å²) in [4.78, 5) is 2.23. The molecule has 0 saturated carbocycles. The van der Waals surface area contributed by atoms with Gasteiger partial charge in [-0.2, -0.15) is 0 Å². The van der Waals surface area contributed by atoms with Gasteiger partial charge in [0.2, 0.25) is 0 Å². The smallest absolute Gasteiger partial charge is 0.0603 e. The molecule has 0 aliphatic rings. The summed E-state index contributed by atoms with van der Waals surface area (Å²) in [6.07, 6.45) is 1.15. The Labute approximate surface area is 148 Å². The molecule has 2 rings (SSSR count). The van der Waals surface area contributed by atoms with E-state index < -0.39 is 0 Å². The normalized spacial score (nSPS) is 10.9. The van der Waals surface area contributed by atoms with Crippen LogP contribution in [-0.4, -0.2) is 6.54 Å². The summed E-state index contributed by atoms with van der Waals surface area (Å²) in [6, 6.07) is 12.1. The van der Waals surface area contributed by atoms with Crippen LogP contribution in [0.4, 0.5) is 0 Å². The lowest BCUT2D eigenvalue weighted by molar-refractivity contribution is 0.675. The number of benzene rings is 2. The summed E-state index contributed by atoms with van der Waals surface area (Å²) >= 11 is 17.3. The summed E-state index contributed by atoms with van der Waals surface area (Å²) < 4.78 is 1.09. The van der Waals surface area contributed by atoms with Crippen molar-refractivity contribution in [1.82, 2.24) is 5.32 Å². The van der Waals surface area contributed by atoms with Crippen LogP contribution in [0.2, 0.25) is 10.0 Å². The van der Waals surface area contributed by atoms with Crippen molar-refractivity contribution < 1.29 is 0 Å². The first-order valence-electron chi connectivity index (χ1n) is 6.72. The van der Waals surface area contributed by atoms with Crippen molar-refractivity contribution in [3.63, 3.8) is 0 Å². The fourth-order valence-corrected chi connectivity index (χ4v) is 3.70. The molecular formula is C16H16BrCl2NS. The van der Waals surface area contributed by atoms with Crippen molar-refractivity contribution in [2.24, 2.45) is 0 Å². The van der Waals surface area contributed by atoms with Gasteiger partial charge in [-0.3, -0.25) is 0 Å². The van der Waals surface area contributed by atoms with Crippen molar-refractivity contribution in [2.45, 2.75) is 29.7 Å². The van der Waals surface area contributed by atoms with Crippen LogP contribution in [0.15, 0.2) is 50.7 Å². The van der Waals surface area contributed by atoms with E-state index in [9.17, 15) is 0 Å². The van der Waals surface area contributed by atoms with E-state index in [0.29, 0.717) is 10.0 Å². The minimum Gasteiger partial charge on any atom is -0.313 e. The van der Waals surface area contributed by atoms with E-state index in [-0.39, 0.29) is 0 Å². The standard InChI is InChI=1S/C16H16BrCl2NS/c1-2-7-20-10-11-3-6-16(13(17)8-11)21-12-4-5-14(18)15(19)9-12/h3-6,8-9,20H,2,7,10H2,1H3. The molecule has 0 heterocycles. The summed E-state index contributed by atoms with van der Waals surface area (Å²) in [5.41, 5.74) is 1.27. The molecule has 1 N–H and O–H groups in total. The third-order valence-electron chi connectivity index (χ3n) is 2.87. The molecule has 0 aliphatic heterocycles. The van der Waals surface area contributed by atoms with E-state index in [1.807, 2.05) is 18.2 Å². The Morgan fingerprint density at radius 3 is 2.57 bits per heavy atom. The zero-order valence-corrected chi connectivity index (χ0v) is 15.5. The number of rotatable bonds is 6. The molecule has 0 aromatic heterocycles. The van der Waals surface area contributed by atoms with Gasteiger partial charge in [0.1, 0.15) is 0 Å². The summed E-state index contributed by atoms with van der Waals surface area (Å²) in [5.74, 6) is 0. The molecule has 0 saturated heterocycles. The molecule has 0 radical (unpaired) electrons. The maximum absolute atomic E-state index is 6.05. The van der Waals surface area contributed by atoms with Crippen molar-refractivity contribution >= 4 is 50.9 Å². The van der Waals surface area contributed by atoms with Crippen LogP contribution in [0.1, 0.15) is 18.9 Å². The van der Waals surface area contributed by atoms with Gasteiger partial charge in [-0.05, 0) is 64.8 Å². The first kappa shape index (κ1) is 17.2. The Balaban J connectivity index is 2.08. The molecule has 2 aromatic carbocycles. The molecule has 0 atom stereocenters. The highest BCUT2D eigenvalue weighted by atomic mass is 79.9. The van der Waals surface area contributed by atoms with Crippen LogP contribution in [0, 0.1) is 0 Å². The second kappa shape index (κ2) is 8.44. The van der Waals surface area contributed by atoms with E-state index in [1.165, 1.54) is 5.56 Å². The lowest BCUT2D eigenvalue weighted by Gasteiger charge is -2.09. The fourth-order valence-electron chi connectivity index (χ4n) is 1.81. The molecular weight excluding hydrogens is 389 g/mol. The molecule has 112 valence electrons. The van der Waals surface area contributed by atoms with E-state index in [0.717, 1.165) is 33.8 Å². The monoisotopic (exact) mass is 403 g/mol. The molecule has 0 unspecified atom stereocenters. The van der Waals surface area contributed by atoms with Gasteiger partial charge < -0.3 is 5.32 Å². The summed E-state index contributed by atoms with van der Waals surface area (Å²) in [5, 5.41) is 4.56. The van der Waals surface area contributed by atoms with Gasteiger partial charge in [0, 0.05) is 20.8 Å². The van der Waals surface area contributed by atoms with Crippen LogP contribution in [-0.2, 0) is 6.54 Å². The van der Waals surface area contributed by atoms with Gasteiger partial charge in [0.25, 0.3) is 0 Å². The third-order valence-corrected chi connectivity index (χ3v) is 5.59. The Morgan fingerprint density at radius 1 is 1.10 bits per heavy atom. The van der Waals surface area contributed by atoms with E-state index in [2.05, 4.69) is 46.4 Å². The number of hydrogen-bond acceptors (Lipinski definition) is 2. The van der Waals surface area contributed by atoms with Gasteiger partial charge in [-0.1, -0.05) is 48.0 Å². The highest BCUT2D eigenvalue weighted by Gasteiger charge is 2.06. The number of halogens is 3. The van der Waals surface area contributed by atoms with Crippen molar-refractivity contribution in [3.8, 4) is 0 Å². The summed E-state index contributed by atoms with van der Waals surface area (Å²) in [7, 11) is 0. The molecule has 2 aromatic rings. The van der Waals surface area contributed by atoms with Gasteiger partial charge in [0.15, 0.2) is 0 Å². The minimum atomic E-state index is 0.581. The molecule has 0 aliphatic carbocycles. The van der Waals surface area contributed by atoms with Gasteiger partial charge in [-0.15, -0.1) is 0 Å². The SMILES string of the molecule is CCCNCc1ccc(Sc2ccc(Cl)c(Cl)c2)c(Br)c1. The van der Waals surface area contributed by atoms with Crippen molar-refractivity contribution in [3.05, 3.63) is 56.5 Å². The predicted molar refractivity (Wildman–Crippen MR) is 96.7 cm³/mol. The fraction of sp³-hybridized carbons (Fsp3) is 0.250. The van der Waals surface area contributed by atoms with Crippen LogP contribution in [0.3, 0.4) is 0 Å². The predicted octanol–water partition coefficient (Wildman–Crippen LogP) is 6.41. The maximum Gasteiger partial charge on any atom is 0.0603 e. The molecule has 21 heavy (non-hydrogen) atoms. The highest BCUT2D eigenvalue weighted by Crippen LogP contribution is 2.36. The molecule has 0 bridgehead atoms. The highest BCUT2D eigenvalue weighted by molar-refractivity contribution is 9.10. The topological polar surface area (TPSA) is 12.0 Å². The largest absolute Gasteiger partial charge is 0.313 e. The molecule has 5 heteroatoms. The second-order valence-electron chi connectivity index (χ2n) is 4.62. The molecule has 0 spiro atoms. The van der Waals surface area contributed by atoms with Crippen LogP contribution >= 0.6 is 50.9 Å². The minimum absolute atomic E-state index is 0.581. The molecule has 0 amide bonds. The second-order valence-corrected chi connectivity index (χ2v) is 7.40. The van der Waals surface area contributed by atoms with Gasteiger partial charge >= 0.3 is 0 Å². The lowest BCUT2D eigenvalue weighted by Crippen LogP contribution is -2.13. The zero-order valence-electron chi connectivity index (χ0n) is 11.6. The lowest BCUT2D eigenvalue weighted by atomic mass is 10.2. The Kier molecular flexibility index (Phi) is 6.90. The Hall–Kier alpha value is -0.190. The first-order chi connectivity index (χ1) is 10.1. The van der Waals surface area contributed by atoms with Crippen LogP contribution in [0.25, 0.3) is 0 Å². The number of hydrogen-bond donors (Lipinski definition) is 1. The molecule has 1 nitrogen and oxygen atoms in total. The summed E-state index contributed by atoms with van der Waals surface area (Å²) in [6.45, 7) is 4.10. The average molecular weight is 405 g/mol. The van der Waals surface area contributed by atoms with E-state index in [4.69, 9.17) is 23.2 Å². The number of nitrogens with one attached hydrogen (secondary N) is 1. The Bertz CT molecular complexity index is 619. The maximum atomic E-state index is 6.05. The van der Waals surface area contributed by atoms with Crippen molar-refractivity contribution in [1.29, 1.82) is 0 Å². The Morgan fingerprint density at radius 2 is 1.90 bits per heavy atom. The van der Waals surface area contributed by atoms with Crippen LogP contribution in [0.5, 0.6) is 0 Å². The third kappa shape index (κ3) is 5.19. The average Bonchev–Trinajstić information content (AvgIpc) is 2.46. The molecule has 0 fully saturated rings. The van der Waals surface area contributed by atoms with E-state index >= 15 is 0 Å². The van der Waals surface area contributed by atoms with E-state index in [1.54, 1.807) is 11.8 Å². The van der Waals surface area contributed by atoms with Crippen molar-refractivity contribution in [2.75, 3.05) is 6.54 Å². The van der Waals surface area contributed by atoms with Gasteiger partial charge in [0.05, 0.1) is 10.0 Å².